The molecule has 0 aromatic carbocycles. The quantitative estimate of drug-likeness (QED) is 0.0362. The minimum absolute atomic E-state index is 0.0989. The van der Waals surface area contributed by atoms with Crippen molar-refractivity contribution in [3.8, 4) is 0 Å². The second-order valence-electron chi connectivity index (χ2n) is 13.6. The molecule has 0 spiro atoms. The van der Waals surface area contributed by atoms with Crippen molar-refractivity contribution in [3.05, 3.63) is 6.33 Å². The molecule has 1 unspecified atom stereocenters. The minimum atomic E-state index is -5.30. The molecule has 1 fully saturated rings. The number of anilines is 1. The number of phosphoric ester groups is 1. The van der Waals surface area contributed by atoms with Crippen LogP contribution in [-0.4, -0.2) is 125 Å². The predicted octanol–water partition coefficient (Wildman–Crippen LogP) is 6.35. The van der Waals surface area contributed by atoms with Gasteiger partial charge < -0.3 is 45.2 Å². The highest BCUT2D eigenvalue weighted by Gasteiger charge is 2.46. The Morgan fingerprint density at radius 1 is 0.782 bits per heavy atom. The van der Waals surface area contributed by atoms with Gasteiger partial charge in [0.05, 0.1) is 12.9 Å². The lowest BCUT2D eigenvalue weighted by Gasteiger charge is -2.21. The summed E-state index contributed by atoms with van der Waals surface area (Å²) in [4.78, 5) is 44.1. The number of hydrogen-bond donors (Lipinski definition) is 6. The zero-order valence-electron chi connectivity index (χ0n) is 34.2. The van der Waals surface area contributed by atoms with Gasteiger partial charge in [0.25, 0.3) is 0 Å². The molecule has 0 aliphatic carbocycles. The predicted molar refractivity (Wildman–Crippen MR) is 219 cm³/mol. The SMILES string of the molecule is CCCCN(CCCC)CCCC.CCCCN(CCCC)CCCC.CSc1nc(N)c2ncn([C@H]3O[C@@H](COP(=O)(O)OP(=O)(O)O)[C@H](O)[C@@H]3O)c2n1. The molecule has 20 heteroatoms. The van der Waals surface area contributed by atoms with Gasteiger partial charge in [-0.1, -0.05) is 91.8 Å². The second-order valence-corrected chi connectivity index (χ2v) is 17.2. The van der Waals surface area contributed by atoms with Crippen LogP contribution in [0, 0.1) is 0 Å². The summed E-state index contributed by atoms with van der Waals surface area (Å²) in [6, 6.07) is 0. The number of imidazole rings is 1. The summed E-state index contributed by atoms with van der Waals surface area (Å²) in [5.41, 5.74) is 6.29. The number of aliphatic hydroxyl groups excluding tert-OH is 2. The lowest BCUT2D eigenvalue weighted by atomic mass is 10.1. The first kappa shape index (κ1) is 51.8. The summed E-state index contributed by atoms with van der Waals surface area (Å²) in [5.74, 6) is 0.0989. The summed E-state index contributed by atoms with van der Waals surface area (Å²) in [7, 11) is -10.4. The first-order valence-corrected chi connectivity index (χ1v) is 24.1. The van der Waals surface area contributed by atoms with Gasteiger partial charge in [0.1, 0.15) is 23.8 Å². The van der Waals surface area contributed by atoms with E-state index >= 15 is 0 Å². The molecular weight excluding hydrogens is 772 g/mol. The Hall–Kier alpha value is -1.24. The average molecular weight is 844 g/mol. The monoisotopic (exact) mass is 843 g/mol. The van der Waals surface area contributed by atoms with Crippen molar-refractivity contribution in [1.82, 2.24) is 29.3 Å². The Bertz CT molecular complexity index is 1350. The van der Waals surface area contributed by atoms with Crippen LogP contribution in [0.4, 0.5) is 5.82 Å². The van der Waals surface area contributed by atoms with Crippen molar-refractivity contribution < 1.29 is 47.6 Å². The summed E-state index contributed by atoms with van der Waals surface area (Å²) >= 11 is 1.22. The van der Waals surface area contributed by atoms with Gasteiger partial charge >= 0.3 is 15.6 Å². The van der Waals surface area contributed by atoms with Crippen LogP contribution in [-0.2, 0) is 22.7 Å². The van der Waals surface area contributed by atoms with Crippen molar-refractivity contribution in [2.24, 2.45) is 0 Å². The molecule has 322 valence electrons. The maximum atomic E-state index is 11.5. The molecule has 0 saturated carbocycles. The molecule has 55 heavy (non-hydrogen) atoms. The molecule has 7 N–H and O–H groups in total. The maximum absolute atomic E-state index is 11.5. The normalized spacial score (nSPS) is 19.7. The van der Waals surface area contributed by atoms with Gasteiger partial charge in [-0.3, -0.25) is 9.09 Å². The number of aliphatic hydroxyl groups is 2. The van der Waals surface area contributed by atoms with Gasteiger partial charge in [-0.2, -0.15) is 4.31 Å². The molecule has 1 aliphatic heterocycles. The van der Waals surface area contributed by atoms with Gasteiger partial charge in [-0.15, -0.1) is 0 Å². The Kier molecular flexibility index (Phi) is 26.6. The number of thioether (sulfide) groups is 1. The fourth-order valence-electron chi connectivity index (χ4n) is 5.58. The minimum Gasteiger partial charge on any atom is -0.387 e. The first-order chi connectivity index (χ1) is 26.1. The molecule has 2 aromatic heterocycles. The number of nitrogens with zero attached hydrogens (tertiary/aromatic N) is 6. The summed E-state index contributed by atoms with van der Waals surface area (Å²) < 4.78 is 37.1. The van der Waals surface area contributed by atoms with Crippen LogP contribution in [0.3, 0.4) is 0 Å². The number of nitrogens with two attached hydrogens (primary N) is 1. The smallest absolute Gasteiger partial charge is 0.387 e. The highest BCUT2D eigenvalue weighted by molar-refractivity contribution is 7.98. The van der Waals surface area contributed by atoms with E-state index in [1.54, 1.807) is 6.26 Å². The molecule has 0 radical (unpaired) electrons. The Morgan fingerprint density at radius 2 is 1.22 bits per heavy atom. The van der Waals surface area contributed by atoms with Crippen LogP contribution in [0.5, 0.6) is 0 Å². The van der Waals surface area contributed by atoms with Crippen molar-refractivity contribution in [1.29, 1.82) is 0 Å². The van der Waals surface area contributed by atoms with E-state index in [0.29, 0.717) is 5.16 Å². The summed E-state index contributed by atoms with van der Waals surface area (Å²) in [6.45, 7) is 20.7. The van der Waals surface area contributed by atoms with E-state index in [9.17, 15) is 24.2 Å². The lowest BCUT2D eigenvalue weighted by Crippen LogP contribution is -2.33. The number of phosphoric acid groups is 2. The standard InChI is InChI=1S/2C12H27N.C11H17N5O10P2S/c2*1-4-7-10-13(11-8-5-2)12-9-6-3;1-29-11-14-8(12)5-9(15-11)16(3-13-5)10-7(18)6(17)4(25-10)2-24-28(22,23)26-27(19,20)21/h2*4-12H2,1-3H3;3-4,6-7,10,17-18H,2H2,1H3,(H,22,23)(H2,12,14,15)(H2,19,20,21)/t;;4-,6-,7-,10-/m..0/s1. The second kappa shape index (κ2) is 28.2. The van der Waals surface area contributed by atoms with Gasteiger partial charge in [0.15, 0.2) is 22.8 Å². The number of unbranched alkanes of at least 4 members (excludes halogenated alkanes) is 6. The Balaban J connectivity index is 0.000000485. The molecule has 17 nitrogen and oxygen atoms in total. The fourth-order valence-corrected chi connectivity index (χ4v) is 7.55. The van der Waals surface area contributed by atoms with Gasteiger partial charge in [-0.25, -0.2) is 24.1 Å². The molecule has 3 heterocycles. The largest absolute Gasteiger partial charge is 0.481 e. The third kappa shape index (κ3) is 20.3. The Labute approximate surface area is 333 Å². The number of fused-ring (bicyclic) bond motifs is 1. The van der Waals surface area contributed by atoms with Crippen molar-refractivity contribution >= 4 is 44.4 Å². The van der Waals surface area contributed by atoms with Gasteiger partial charge in [-0.05, 0) is 84.0 Å². The van der Waals surface area contributed by atoms with Crippen LogP contribution in [0.1, 0.15) is 125 Å². The third-order valence-electron chi connectivity index (χ3n) is 8.80. The van der Waals surface area contributed by atoms with Crippen LogP contribution in [0.2, 0.25) is 0 Å². The van der Waals surface area contributed by atoms with E-state index in [4.69, 9.17) is 20.3 Å². The summed E-state index contributed by atoms with van der Waals surface area (Å²) in [5, 5.41) is 20.8. The third-order valence-corrected chi connectivity index (χ3v) is 11.5. The van der Waals surface area contributed by atoms with Crippen LogP contribution in [0.25, 0.3) is 11.2 Å². The number of ether oxygens (including phenoxy) is 1. The van der Waals surface area contributed by atoms with Crippen molar-refractivity contribution in [2.45, 2.75) is 148 Å². The molecule has 2 aromatic rings. The highest BCUT2D eigenvalue weighted by Crippen LogP contribution is 2.57. The van der Waals surface area contributed by atoms with E-state index in [2.05, 4.69) is 75.1 Å². The lowest BCUT2D eigenvalue weighted by molar-refractivity contribution is -0.0503. The molecule has 1 saturated heterocycles. The fraction of sp³-hybridized carbons (Fsp3) is 0.857. The van der Waals surface area contributed by atoms with Crippen LogP contribution < -0.4 is 5.73 Å². The van der Waals surface area contributed by atoms with E-state index in [0.717, 1.165) is 0 Å². The molecule has 1 aliphatic rings. The highest BCUT2D eigenvalue weighted by atomic mass is 32.2. The van der Waals surface area contributed by atoms with E-state index < -0.39 is 46.8 Å². The van der Waals surface area contributed by atoms with Crippen molar-refractivity contribution in [3.63, 3.8) is 0 Å². The first-order valence-electron chi connectivity index (χ1n) is 19.9. The van der Waals surface area contributed by atoms with Crippen LogP contribution >= 0.6 is 27.4 Å². The molecule has 0 bridgehead atoms. The van der Waals surface area contributed by atoms with E-state index in [1.165, 1.54) is 139 Å². The Morgan fingerprint density at radius 3 is 1.60 bits per heavy atom. The molecule has 0 amide bonds. The maximum Gasteiger partial charge on any atom is 0.481 e. The number of hydrogen-bond acceptors (Lipinski definition) is 14. The van der Waals surface area contributed by atoms with E-state index in [1.807, 2.05) is 0 Å². The van der Waals surface area contributed by atoms with Crippen molar-refractivity contribution in [2.75, 3.05) is 57.9 Å². The average Bonchev–Trinajstić information content (AvgIpc) is 3.69. The topological polar surface area (TPSA) is 239 Å². The number of aromatic nitrogens is 4. The number of rotatable bonds is 25. The summed E-state index contributed by atoms with van der Waals surface area (Å²) in [6.07, 6.45) is 13.5. The van der Waals surface area contributed by atoms with E-state index in [-0.39, 0.29) is 17.0 Å². The molecule has 3 rings (SSSR count). The van der Waals surface area contributed by atoms with Gasteiger partial charge in [0.2, 0.25) is 0 Å². The zero-order valence-corrected chi connectivity index (χ0v) is 36.8. The zero-order chi connectivity index (χ0) is 41.4. The molecular formula is C35H71N7O10P2S. The number of nitrogen functional groups attached to an aromatic ring is 1. The van der Waals surface area contributed by atoms with Gasteiger partial charge in [0, 0.05) is 0 Å². The molecule has 5 atom stereocenters. The van der Waals surface area contributed by atoms with Crippen LogP contribution in [0.15, 0.2) is 11.5 Å².